The normalized spacial score (nSPS) is 12.0. The fourth-order valence-corrected chi connectivity index (χ4v) is 3.03. The Morgan fingerprint density at radius 3 is 2.46 bits per heavy atom. The maximum absolute atomic E-state index is 14.4. The second kappa shape index (κ2) is 10.1. The third-order valence-electron chi connectivity index (χ3n) is 4.07. The molecule has 2 aromatic rings. The van der Waals surface area contributed by atoms with Crippen LogP contribution in [-0.4, -0.2) is 19.9 Å². The third-order valence-corrected chi connectivity index (χ3v) is 4.40. The van der Waals surface area contributed by atoms with Crippen molar-refractivity contribution in [3.05, 3.63) is 64.2 Å². The van der Waals surface area contributed by atoms with Crippen LogP contribution in [0.1, 0.15) is 30.4 Å². The molecule has 0 bridgehead atoms. The van der Waals surface area contributed by atoms with E-state index in [1.54, 1.807) is 6.07 Å². The average Bonchev–Trinajstić information content (AvgIpc) is 2.65. The van der Waals surface area contributed by atoms with Crippen LogP contribution in [0.15, 0.2) is 36.4 Å². The predicted molar refractivity (Wildman–Crippen MR) is 100 cm³/mol. The predicted octanol–water partition coefficient (Wildman–Crippen LogP) is 5.68. The molecule has 0 fully saturated rings. The van der Waals surface area contributed by atoms with Gasteiger partial charge >= 0.3 is 0 Å². The minimum atomic E-state index is -2.53. The summed E-state index contributed by atoms with van der Waals surface area (Å²) >= 11 is 6.26. The average molecular weight is 416 g/mol. The Balaban J connectivity index is 2.73. The molecule has 0 unspecified atom stereocenters. The second-order valence-corrected chi connectivity index (χ2v) is 6.25. The number of hydrogen-bond acceptors (Lipinski definition) is 2. The number of ether oxygens (including phenoxy) is 1. The number of alkyl halides is 2. The van der Waals surface area contributed by atoms with Crippen LogP contribution in [0.2, 0.25) is 5.02 Å². The molecule has 0 atom stereocenters. The smallest absolute Gasteiger partial charge is 0.238 e. The highest BCUT2D eigenvalue weighted by atomic mass is 35.5. The molecule has 0 spiro atoms. The summed E-state index contributed by atoms with van der Waals surface area (Å²) in [4.78, 5) is 11.2. The number of benzene rings is 2. The van der Waals surface area contributed by atoms with Crippen molar-refractivity contribution in [3.8, 4) is 5.75 Å². The van der Waals surface area contributed by atoms with E-state index >= 15 is 0 Å². The first-order valence-corrected chi connectivity index (χ1v) is 8.76. The summed E-state index contributed by atoms with van der Waals surface area (Å²) < 4.78 is 59.2. The minimum absolute atomic E-state index is 0.00117. The van der Waals surface area contributed by atoms with Crippen LogP contribution in [0, 0.1) is 11.6 Å². The van der Waals surface area contributed by atoms with Gasteiger partial charge in [-0.05, 0) is 48.7 Å². The van der Waals surface area contributed by atoms with Crippen molar-refractivity contribution in [2.45, 2.75) is 25.7 Å². The molecule has 0 radical (unpaired) electrons. The molecule has 8 heteroatoms. The van der Waals surface area contributed by atoms with E-state index in [4.69, 9.17) is 16.3 Å². The summed E-state index contributed by atoms with van der Waals surface area (Å²) in [7, 11) is 1.42. The summed E-state index contributed by atoms with van der Waals surface area (Å²) in [5.74, 6) is -1.41. The number of nitrogens with one attached hydrogen (secondary N) is 1. The molecule has 150 valence electrons. The Labute approximate surface area is 165 Å². The number of methoxy groups -OCH3 is 1. The number of hydrogen-bond donors (Lipinski definition) is 1. The summed E-state index contributed by atoms with van der Waals surface area (Å²) in [5.41, 5.74) is -0.0986. The molecule has 28 heavy (non-hydrogen) atoms. The van der Waals surface area contributed by atoms with E-state index in [1.807, 2.05) is 0 Å². The van der Waals surface area contributed by atoms with E-state index in [2.05, 4.69) is 5.32 Å². The van der Waals surface area contributed by atoms with Crippen molar-refractivity contribution in [2.24, 2.45) is 0 Å². The summed E-state index contributed by atoms with van der Waals surface area (Å²) in [6.45, 7) is 0. The van der Waals surface area contributed by atoms with Crippen LogP contribution in [-0.2, 0) is 4.79 Å². The van der Waals surface area contributed by atoms with Gasteiger partial charge in [0, 0.05) is 17.0 Å². The highest BCUT2D eigenvalue weighted by Crippen LogP contribution is 2.37. The van der Waals surface area contributed by atoms with E-state index in [9.17, 15) is 22.4 Å². The Hall–Kier alpha value is -2.54. The molecule has 1 N–H and O–H groups in total. The number of carbonyl (C=O) groups excluding carboxylic acids is 1. The zero-order valence-corrected chi connectivity index (χ0v) is 15.7. The number of amides is 1. The van der Waals surface area contributed by atoms with Gasteiger partial charge < -0.3 is 10.1 Å². The number of carbonyl (C=O) groups is 1. The van der Waals surface area contributed by atoms with Gasteiger partial charge in [0.15, 0.2) is 0 Å². The van der Waals surface area contributed by atoms with Gasteiger partial charge in [-0.1, -0.05) is 17.7 Å². The molecule has 0 heterocycles. The zero-order chi connectivity index (χ0) is 20.7. The van der Waals surface area contributed by atoms with Gasteiger partial charge in [-0.2, -0.15) is 0 Å². The standard InChI is InChI=1S/C20H18ClF4NO2/c1-28-12-8-9-15(21)14(10-12)13(4-2-7-18(24)25)20(26-11-27)19-16(22)5-3-6-17(19)23/h3,5-6,8-11,18H,2,4,7H2,1H3,(H,26,27)/b20-13+. The van der Waals surface area contributed by atoms with Crippen molar-refractivity contribution in [2.75, 3.05) is 7.11 Å². The maximum Gasteiger partial charge on any atom is 0.238 e. The first-order valence-electron chi connectivity index (χ1n) is 8.38. The highest BCUT2D eigenvalue weighted by molar-refractivity contribution is 6.32. The Kier molecular flexibility index (Phi) is 7.87. The lowest BCUT2D eigenvalue weighted by atomic mass is 9.94. The quantitative estimate of drug-likeness (QED) is 0.325. The highest BCUT2D eigenvalue weighted by Gasteiger charge is 2.21. The van der Waals surface area contributed by atoms with Crippen molar-refractivity contribution < 1.29 is 27.1 Å². The molecule has 2 rings (SSSR count). The van der Waals surface area contributed by atoms with E-state index in [0.717, 1.165) is 12.1 Å². The lowest BCUT2D eigenvalue weighted by Crippen LogP contribution is -2.15. The topological polar surface area (TPSA) is 38.3 Å². The van der Waals surface area contributed by atoms with Crippen LogP contribution in [0.4, 0.5) is 17.6 Å². The minimum Gasteiger partial charge on any atom is -0.497 e. The van der Waals surface area contributed by atoms with Crippen molar-refractivity contribution >= 4 is 29.3 Å². The molecular weight excluding hydrogens is 398 g/mol. The molecule has 2 aromatic carbocycles. The SMILES string of the molecule is COc1ccc(Cl)c(/C(CCCC(F)F)=C(/NC=O)c2c(F)cccc2F)c1. The molecular formula is C20H18ClF4NO2. The first-order chi connectivity index (χ1) is 13.4. The van der Waals surface area contributed by atoms with E-state index in [-0.39, 0.29) is 35.5 Å². The Bertz CT molecular complexity index is 851. The number of halogens is 5. The number of allylic oxidation sites excluding steroid dienone is 1. The van der Waals surface area contributed by atoms with Crippen LogP contribution in [0.3, 0.4) is 0 Å². The van der Waals surface area contributed by atoms with E-state index in [1.165, 1.54) is 25.3 Å². The lowest BCUT2D eigenvalue weighted by molar-refractivity contribution is -0.108. The Morgan fingerprint density at radius 1 is 1.21 bits per heavy atom. The molecule has 0 aliphatic carbocycles. The molecule has 0 aromatic heterocycles. The van der Waals surface area contributed by atoms with E-state index in [0.29, 0.717) is 11.3 Å². The molecule has 0 aliphatic heterocycles. The van der Waals surface area contributed by atoms with Gasteiger partial charge in [0.25, 0.3) is 0 Å². The lowest BCUT2D eigenvalue weighted by Gasteiger charge is -2.18. The van der Waals surface area contributed by atoms with Crippen LogP contribution < -0.4 is 10.1 Å². The first kappa shape index (κ1) is 21.8. The van der Waals surface area contributed by atoms with Gasteiger partial charge in [0.05, 0.1) is 18.4 Å². The van der Waals surface area contributed by atoms with Gasteiger partial charge in [-0.15, -0.1) is 0 Å². The van der Waals surface area contributed by atoms with Gasteiger partial charge in [-0.3, -0.25) is 4.79 Å². The zero-order valence-electron chi connectivity index (χ0n) is 14.9. The summed E-state index contributed by atoms with van der Waals surface area (Å²) in [6.07, 6.45) is -2.67. The second-order valence-electron chi connectivity index (χ2n) is 5.84. The fraction of sp³-hybridized carbons (Fsp3) is 0.250. The van der Waals surface area contributed by atoms with Crippen LogP contribution >= 0.6 is 11.6 Å². The summed E-state index contributed by atoms with van der Waals surface area (Å²) in [6, 6.07) is 7.87. The maximum atomic E-state index is 14.4. The molecule has 1 amide bonds. The Morgan fingerprint density at radius 2 is 1.89 bits per heavy atom. The monoisotopic (exact) mass is 415 g/mol. The molecule has 0 saturated carbocycles. The van der Waals surface area contributed by atoms with E-state index < -0.39 is 30.0 Å². The molecule has 0 aliphatic rings. The largest absolute Gasteiger partial charge is 0.497 e. The van der Waals surface area contributed by atoms with Crippen molar-refractivity contribution in [3.63, 3.8) is 0 Å². The van der Waals surface area contributed by atoms with Crippen molar-refractivity contribution in [1.82, 2.24) is 5.32 Å². The summed E-state index contributed by atoms with van der Waals surface area (Å²) in [5, 5.41) is 2.53. The van der Waals surface area contributed by atoms with Gasteiger partial charge in [0.2, 0.25) is 12.8 Å². The van der Waals surface area contributed by atoms with Gasteiger partial charge in [0.1, 0.15) is 17.4 Å². The van der Waals surface area contributed by atoms with Crippen LogP contribution in [0.25, 0.3) is 11.3 Å². The molecule has 0 saturated heterocycles. The van der Waals surface area contributed by atoms with Crippen LogP contribution in [0.5, 0.6) is 5.75 Å². The number of rotatable bonds is 9. The third kappa shape index (κ3) is 5.25. The van der Waals surface area contributed by atoms with Crippen molar-refractivity contribution in [1.29, 1.82) is 0 Å². The fourth-order valence-electron chi connectivity index (χ4n) is 2.80. The van der Waals surface area contributed by atoms with Gasteiger partial charge in [-0.25, -0.2) is 17.6 Å². The molecule has 3 nitrogen and oxygen atoms in total.